The molecule has 0 aliphatic carbocycles. The lowest BCUT2D eigenvalue weighted by Gasteiger charge is -2.12. The van der Waals surface area contributed by atoms with Crippen molar-refractivity contribution in [3.8, 4) is 16.9 Å². The summed E-state index contributed by atoms with van der Waals surface area (Å²) in [5.74, 6) is -1.55. The number of nitrogens with zero attached hydrogens (tertiary/aromatic N) is 4. The van der Waals surface area contributed by atoms with E-state index in [0.29, 0.717) is 22.5 Å². The molecular weight excluding hydrogens is 396 g/mol. The van der Waals surface area contributed by atoms with Crippen LogP contribution in [0.25, 0.3) is 11.1 Å². The first kappa shape index (κ1) is 20.0. The Morgan fingerprint density at radius 2 is 1.77 bits per heavy atom. The van der Waals surface area contributed by atoms with E-state index in [0.717, 1.165) is 0 Å². The van der Waals surface area contributed by atoms with Gasteiger partial charge in [-0.25, -0.2) is 4.79 Å². The summed E-state index contributed by atoms with van der Waals surface area (Å²) in [5.41, 5.74) is 2.33. The fourth-order valence-corrected chi connectivity index (χ4v) is 3.23. The number of carboxylic acid groups (broad SMARTS) is 1. The highest BCUT2D eigenvalue weighted by Gasteiger charge is 2.34. The number of amides is 1. The quantitative estimate of drug-likeness (QED) is 0.592. The molecule has 8 heteroatoms. The van der Waals surface area contributed by atoms with Gasteiger partial charge in [-0.15, -0.1) is 0 Å². The molecule has 1 amide bonds. The van der Waals surface area contributed by atoms with Crippen molar-refractivity contribution in [3.63, 3.8) is 0 Å². The van der Waals surface area contributed by atoms with Gasteiger partial charge in [0.25, 0.3) is 5.91 Å². The number of hydrogen-bond acceptors (Lipinski definition) is 6. The van der Waals surface area contributed by atoms with Gasteiger partial charge in [0.2, 0.25) is 0 Å². The van der Waals surface area contributed by atoms with Gasteiger partial charge < -0.3 is 10.2 Å². The van der Waals surface area contributed by atoms with Crippen molar-refractivity contribution < 1.29 is 19.8 Å². The number of carbonyl (C=O) groups excluding carboxylic acids is 1. The first-order chi connectivity index (χ1) is 15.0. The van der Waals surface area contributed by atoms with Crippen LogP contribution >= 0.6 is 0 Å². The molecule has 0 spiro atoms. The van der Waals surface area contributed by atoms with E-state index in [1.165, 1.54) is 17.1 Å². The maximum Gasteiger partial charge on any atom is 0.335 e. The summed E-state index contributed by atoms with van der Waals surface area (Å²) < 4.78 is 0. The zero-order chi connectivity index (χ0) is 22.0. The molecule has 1 atom stereocenters. The normalized spacial score (nSPS) is 16.0. The minimum atomic E-state index is -1.06. The largest absolute Gasteiger partial charge is 0.505 e. The van der Waals surface area contributed by atoms with Crippen LogP contribution in [0.5, 0.6) is 5.75 Å². The van der Waals surface area contributed by atoms with E-state index >= 15 is 0 Å². The van der Waals surface area contributed by atoms with E-state index in [1.807, 2.05) is 18.2 Å². The lowest BCUT2D eigenvalue weighted by Crippen LogP contribution is -2.29. The molecular formula is C23H18N4O4. The topological polar surface area (TPSA) is 115 Å². The lowest BCUT2D eigenvalue weighted by atomic mass is 10.0. The van der Waals surface area contributed by atoms with Gasteiger partial charge in [-0.2, -0.15) is 20.3 Å². The number of carboxylic acids is 1. The first-order valence-electron chi connectivity index (χ1n) is 9.46. The molecule has 2 N–H and O–H groups in total. The molecule has 1 aliphatic rings. The first-order valence-corrected chi connectivity index (χ1v) is 9.46. The number of anilines is 1. The highest BCUT2D eigenvalue weighted by atomic mass is 16.4. The highest BCUT2D eigenvalue weighted by Crippen LogP contribution is 2.38. The van der Waals surface area contributed by atoms with Crippen molar-refractivity contribution in [1.82, 2.24) is 0 Å². The van der Waals surface area contributed by atoms with Crippen LogP contribution in [-0.2, 0) is 4.79 Å². The van der Waals surface area contributed by atoms with Crippen LogP contribution < -0.4 is 5.01 Å². The Balaban J connectivity index is 1.61. The molecule has 8 nitrogen and oxygen atoms in total. The molecule has 0 fully saturated rings. The van der Waals surface area contributed by atoms with Gasteiger partial charge in [-0.05, 0) is 42.8 Å². The van der Waals surface area contributed by atoms with Gasteiger partial charge in [0.05, 0.1) is 17.0 Å². The molecule has 3 aromatic rings. The van der Waals surface area contributed by atoms with E-state index in [2.05, 4.69) is 15.3 Å². The van der Waals surface area contributed by atoms with Gasteiger partial charge in [-0.3, -0.25) is 4.79 Å². The van der Waals surface area contributed by atoms with E-state index < -0.39 is 12.0 Å². The van der Waals surface area contributed by atoms with Crippen LogP contribution in [0.3, 0.4) is 0 Å². The number of phenols is 1. The Morgan fingerprint density at radius 1 is 1.03 bits per heavy atom. The van der Waals surface area contributed by atoms with Crippen LogP contribution in [0.1, 0.15) is 17.3 Å². The van der Waals surface area contributed by atoms with Crippen LogP contribution in [0.2, 0.25) is 0 Å². The Hall–Kier alpha value is -4.33. The van der Waals surface area contributed by atoms with Crippen LogP contribution in [0, 0.1) is 0 Å². The summed E-state index contributed by atoms with van der Waals surface area (Å²) in [6.07, 6.45) is 0. The number of aromatic hydroxyl groups is 1. The van der Waals surface area contributed by atoms with Crippen molar-refractivity contribution >= 4 is 29.0 Å². The molecule has 0 saturated carbocycles. The van der Waals surface area contributed by atoms with Crippen molar-refractivity contribution in [2.24, 2.45) is 15.3 Å². The summed E-state index contributed by atoms with van der Waals surface area (Å²) in [4.78, 5) is 24.0. The lowest BCUT2D eigenvalue weighted by molar-refractivity contribution is -0.117. The number of benzene rings is 3. The Kier molecular flexibility index (Phi) is 5.28. The van der Waals surface area contributed by atoms with E-state index in [1.54, 1.807) is 49.4 Å². The van der Waals surface area contributed by atoms with Crippen LogP contribution in [-0.4, -0.2) is 33.8 Å². The standard InChI is InChI=1S/C23H18N4O4/c1-14-20(22(29)27(26-14)17-9-3-2-4-10-17)25-24-19-12-6-11-18(21(19)28)15-7-5-8-16(13-15)23(30)31/h2-13,20,28H,1H3,(H,30,31). The van der Waals surface area contributed by atoms with Gasteiger partial charge in [0, 0.05) is 5.56 Å². The number of rotatable bonds is 5. The third kappa shape index (κ3) is 3.91. The van der Waals surface area contributed by atoms with Crippen molar-refractivity contribution in [1.29, 1.82) is 0 Å². The number of phenolic OH excluding ortho intramolecular Hbond substituents is 1. The van der Waals surface area contributed by atoms with Gasteiger partial charge in [0.15, 0.2) is 11.8 Å². The number of azo groups is 1. The maximum atomic E-state index is 12.8. The number of hydrazone groups is 1. The smallest absolute Gasteiger partial charge is 0.335 e. The number of para-hydroxylation sites is 2. The van der Waals surface area contributed by atoms with Gasteiger partial charge in [0.1, 0.15) is 5.69 Å². The fraction of sp³-hybridized carbons (Fsp3) is 0.0870. The summed E-state index contributed by atoms with van der Waals surface area (Å²) in [6.45, 7) is 1.69. The maximum absolute atomic E-state index is 12.8. The Labute approximate surface area is 177 Å². The zero-order valence-electron chi connectivity index (χ0n) is 16.5. The molecule has 1 heterocycles. The van der Waals surface area contributed by atoms with E-state index in [4.69, 9.17) is 0 Å². The third-order valence-electron chi connectivity index (χ3n) is 4.81. The molecule has 31 heavy (non-hydrogen) atoms. The molecule has 0 saturated heterocycles. The molecule has 4 rings (SSSR count). The average Bonchev–Trinajstić information content (AvgIpc) is 3.07. The van der Waals surface area contributed by atoms with Crippen LogP contribution in [0.4, 0.5) is 11.4 Å². The molecule has 0 radical (unpaired) electrons. The van der Waals surface area contributed by atoms with E-state index in [-0.39, 0.29) is 22.9 Å². The highest BCUT2D eigenvalue weighted by molar-refractivity contribution is 6.18. The molecule has 0 bridgehead atoms. The summed E-state index contributed by atoms with van der Waals surface area (Å²) in [5, 5.41) is 33.6. The molecule has 154 valence electrons. The minimum absolute atomic E-state index is 0.105. The SMILES string of the molecule is CC1=NN(c2ccccc2)C(=O)C1N=Nc1cccc(-c2cccc(C(=O)O)c2)c1O. The molecule has 3 aromatic carbocycles. The van der Waals surface area contributed by atoms with Crippen molar-refractivity contribution in [3.05, 3.63) is 78.4 Å². The van der Waals surface area contributed by atoms with Gasteiger partial charge >= 0.3 is 5.97 Å². The summed E-state index contributed by atoms with van der Waals surface area (Å²) in [7, 11) is 0. The summed E-state index contributed by atoms with van der Waals surface area (Å²) >= 11 is 0. The number of hydrogen-bond donors (Lipinski definition) is 2. The monoisotopic (exact) mass is 414 g/mol. The molecule has 0 aromatic heterocycles. The molecule has 1 unspecified atom stereocenters. The van der Waals surface area contributed by atoms with E-state index in [9.17, 15) is 19.8 Å². The van der Waals surface area contributed by atoms with Crippen LogP contribution in [0.15, 0.2) is 88.1 Å². The second kappa shape index (κ2) is 8.19. The summed E-state index contributed by atoms with van der Waals surface area (Å²) in [6, 6.07) is 19.2. The predicted octanol–water partition coefficient (Wildman–Crippen LogP) is 4.63. The minimum Gasteiger partial charge on any atom is -0.505 e. The zero-order valence-corrected chi connectivity index (χ0v) is 16.5. The Bertz CT molecular complexity index is 1220. The second-order valence-electron chi connectivity index (χ2n) is 6.90. The fourth-order valence-electron chi connectivity index (χ4n) is 3.23. The van der Waals surface area contributed by atoms with Crippen molar-refractivity contribution in [2.75, 3.05) is 5.01 Å². The van der Waals surface area contributed by atoms with Gasteiger partial charge in [-0.1, -0.05) is 42.5 Å². The number of carbonyl (C=O) groups is 2. The third-order valence-corrected chi connectivity index (χ3v) is 4.81. The predicted molar refractivity (Wildman–Crippen MR) is 116 cm³/mol. The molecule has 1 aliphatic heterocycles. The average molecular weight is 414 g/mol. The number of aromatic carboxylic acids is 1. The van der Waals surface area contributed by atoms with Crippen molar-refractivity contribution in [2.45, 2.75) is 13.0 Å². The Morgan fingerprint density at radius 3 is 2.52 bits per heavy atom. The second-order valence-corrected chi connectivity index (χ2v) is 6.90.